The average Bonchev–Trinajstić information content (AvgIpc) is 3.42. The Kier molecular flexibility index (Phi) is 6.13. The van der Waals surface area contributed by atoms with Gasteiger partial charge in [-0.2, -0.15) is 0 Å². The van der Waals surface area contributed by atoms with Gasteiger partial charge < -0.3 is 15.2 Å². The first-order chi connectivity index (χ1) is 15.5. The molecule has 0 bridgehead atoms. The summed E-state index contributed by atoms with van der Waals surface area (Å²) in [5.74, 6) is 0.443. The molecule has 2 aliphatic rings. The lowest BCUT2D eigenvalue weighted by Gasteiger charge is -2.20. The molecular formula is C22H23N3O6S. The highest BCUT2D eigenvalue weighted by Gasteiger charge is 2.30. The molecule has 2 N–H and O–H groups in total. The van der Waals surface area contributed by atoms with Crippen molar-refractivity contribution in [3.8, 4) is 5.75 Å². The predicted molar refractivity (Wildman–Crippen MR) is 117 cm³/mol. The average molecular weight is 458 g/mol. The summed E-state index contributed by atoms with van der Waals surface area (Å²) in [5.41, 5.74) is 2.60. The number of carbonyl (C=O) groups excluding carboxylic acids is 1. The van der Waals surface area contributed by atoms with Gasteiger partial charge in [0.05, 0.1) is 16.7 Å². The van der Waals surface area contributed by atoms with E-state index in [-0.39, 0.29) is 29.6 Å². The quantitative estimate of drug-likeness (QED) is 0.576. The summed E-state index contributed by atoms with van der Waals surface area (Å²) in [5, 5.41) is 9.55. The van der Waals surface area contributed by atoms with Crippen molar-refractivity contribution < 1.29 is 27.9 Å². The molecule has 0 unspecified atom stereocenters. The molecule has 5 rings (SSSR count). The van der Waals surface area contributed by atoms with Crippen LogP contribution in [-0.2, 0) is 26.0 Å². The van der Waals surface area contributed by atoms with Crippen molar-refractivity contribution in [3.63, 3.8) is 0 Å². The van der Waals surface area contributed by atoms with Crippen molar-refractivity contribution in [1.29, 1.82) is 0 Å². The van der Waals surface area contributed by atoms with Crippen LogP contribution in [0.15, 0.2) is 47.6 Å². The number of para-hydroxylation sites is 1. The molecule has 2 aromatic heterocycles. The first kappa shape index (κ1) is 21.8. The summed E-state index contributed by atoms with van der Waals surface area (Å²) < 4.78 is 34.0. The fraction of sp³-hybridized carbons (Fsp3) is 0.318. The fourth-order valence-electron chi connectivity index (χ4n) is 4.36. The number of nitrogens with one attached hydrogen (secondary N) is 1. The number of nitrogens with zero attached hydrogens (tertiary/aromatic N) is 2. The van der Waals surface area contributed by atoms with E-state index < -0.39 is 10.0 Å². The minimum atomic E-state index is -3.94. The maximum Gasteiger partial charge on any atom is 0.290 e. The van der Waals surface area contributed by atoms with Gasteiger partial charge in [0.15, 0.2) is 12.4 Å². The van der Waals surface area contributed by atoms with E-state index in [9.17, 15) is 13.2 Å². The zero-order chi connectivity index (χ0) is 22.7. The van der Waals surface area contributed by atoms with Gasteiger partial charge in [-0.15, -0.1) is 0 Å². The van der Waals surface area contributed by atoms with Crippen molar-refractivity contribution in [2.24, 2.45) is 5.92 Å². The Hall–Kier alpha value is -3.40. The minimum Gasteiger partial charge on any atom is -0.483 e. The molecule has 1 fully saturated rings. The monoisotopic (exact) mass is 457 g/mol. The van der Waals surface area contributed by atoms with Gasteiger partial charge in [-0.05, 0) is 42.2 Å². The molecule has 10 heteroatoms. The molecule has 9 nitrogen and oxygen atoms in total. The highest BCUT2D eigenvalue weighted by molar-refractivity contribution is 7.90. The fourth-order valence-corrected chi connectivity index (χ4v) is 5.90. The van der Waals surface area contributed by atoms with Crippen LogP contribution in [0.5, 0.6) is 5.75 Å². The van der Waals surface area contributed by atoms with Gasteiger partial charge in [0.1, 0.15) is 4.90 Å². The first-order valence-electron chi connectivity index (χ1n) is 10.3. The number of amides is 1. The van der Waals surface area contributed by atoms with Crippen molar-refractivity contribution >= 4 is 39.1 Å². The number of anilines is 1. The second-order valence-corrected chi connectivity index (χ2v) is 9.54. The van der Waals surface area contributed by atoms with E-state index in [1.807, 2.05) is 0 Å². The third kappa shape index (κ3) is 4.05. The number of carbonyl (C=O) groups is 2. The smallest absolute Gasteiger partial charge is 0.290 e. The standard InChI is InChI=1S/C21H21N3O4S.CH2O2/c25-19-13-28-21-16(23-19)7-3-9-18(21)29(26,27)24-12-15(11-14-5-1-2-6-14)20-17(24)8-4-10-22-20;2-1-3/h3-4,7-10,12,14H,1-2,5-6,11,13H2,(H,23,25);1H,(H,2,3). The molecule has 0 radical (unpaired) electrons. The molecule has 3 aromatic rings. The van der Waals surface area contributed by atoms with E-state index in [0.29, 0.717) is 17.1 Å². The van der Waals surface area contributed by atoms with Gasteiger partial charge in [-0.1, -0.05) is 31.7 Å². The molecule has 32 heavy (non-hydrogen) atoms. The SMILES string of the molecule is O=C1COc2c(cccc2S(=O)(=O)n2cc(CC3CCCC3)c3ncccc32)N1.O=CO. The van der Waals surface area contributed by atoms with Crippen molar-refractivity contribution in [2.45, 2.75) is 37.0 Å². The van der Waals surface area contributed by atoms with Gasteiger partial charge >= 0.3 is 0 Å². The van der Waals surface area contributed by atoms with E-state index >= 15 is 0 Å². The van der Waals surface area contributed by atoms with Crippen LogP contribution in [0.1, 0.15) is 31.2 Å². The molecule has 1 aromatic carbocycles. The van der Waals surface area contributed by atoms with Crippen LogP contribution in [0, 0.1) is 5.92 Å². The predicted octanol–water partition coefficient (Wildman–Crippen LogP) is 3.04. The maximum atomic E-state index is 13.6. The van der Waals surface area contributed by atoms with Crippen LogP contribution in [0.4, 0.5) is 5.69 Å². The van der Waals surface area contributed by atoms with Gasteiger partial charge in [-0.25, -0.2) is 12.4 Å². The number of hydrogen-bond acceptors (Lipinski definition) is 6. The number of benzene rings is 1. The number of aromatic nitrogens is 2. The molecule has 0 spiro atoms. The number of rotatable bonds is 4. The molecule has 3 heterocycles. The second-order valence-electron chi connectivity index (χ2n) is 7.76. The highest BCUT2D eigenvalue weighted by atomic mass is 32.2. The topological polar surface area (TPSA) is 128 Å². The largest absolute Gasteiger partial charge is 0.483 e. The molecule has 1 aliphatic carbocycles. The summed E-state index contributed by atoms with van der Waals surface area (Å²) in [6.07, 6.45) is 9.03. The maximum absolute atomic E-state index is 13.6. The van der Waals surface area contributed by atoms with Gasteiger partial charge in [-0.3, -0.25) is 14.6 Å². The lowest BCUT2D eigenvalue weighted by molar-refractivity contribution is -0.123. The Labute approximate surface area is 185 Å². The zero-order valence-electron chi connectivity index (χ0n) is 17.2. The van der Waals surface area contributed by atoms with E-state index in [4.69, 9.17) is 14.6 Å². The summed E-state index contributed by atoms with van der Waals surface area (Å²) >= 11 is 0. The third-order valence-corrected chi connectivity index (χ3v) is 7.42. The van der Waals surface area contributed by atoms with Gasteiger partial charge in [0.2, 0.25) is 0 Å². The lowest BCUT2D eigenvalue weighted by Crippen LogP contribution is -2.27. The Morgan fingerprint density at radius 3 is 2.72 bits per heavy atom. The highest BCUT2D eigenvalue weighted by Crippen LogP contribution is 2.37. The molecular weight excluding hydrogens is 434 g/mol. The third-order valence-electron chi connectivity index (χ3n) is 5.72. The molecule has 1 amide bonds. The van der Waals surface area contributed by atoms with Gasteiger partial charge in [0.25, 0.3) is 22.4 Å². The van der Waals surface area contributed by atoms with Crippen LogP contribution in [0.2, 0.25) is 0 Å². The normalized spacial score (nSPS) is 15.9. The Balaban J connectivity index is 0.000000775. The number of fused-ring (bicyclic) bond motifs is 2. The zero-order valence-corrected chi connectivity index (χ0v) is 18.0. The summed E-state index contributed by atoms with van der Waals surface area (Å²) in [7, 11) is -3.94. The lowest BCUT2D eigenvalue weighted by atomic mass is 9.99. The van der Waals surface area contributed by atoms with Crippen LogP contribution >= 0.6 is 0 Å². The number of carboxylic acid groups (broad SMARTS) is 1. The van der Waals surface area contributed by atoms with E-state index in [0.717, 1.165) is 17.5 Å². The Bertz CT molecular complexity index is 1260. The molecule has 0 saturated heterocycles. The van der Waals surface area contributed by atoms with Crippen molar-refractivity contribution in [1.82, 2.24) is 8.96 Å². The number of hydrogen-bond donors (Lipinski definition) is 2. The van der Waals surface area contributed by atoms with Crippen LogP contribution in [0.3, 0.4) is 0 Å². The molecule has 1 aliphatic heterocycles. The summed E-state index contributed by atoms with van der Waals surface area (Å²) in [4.78, 5) is 24.5. The Morgan fingerprint density at radius 2 is 1.97 bits per heavy atom. The van der Waals surface area contributed by atoms with Crippen LogP contribution in [-0.4, -0.2) is 41.5 Å². The summed E-state index contributed by atoms with van der Waals surface area (Å²) in [6.45, 7) is -0.458. The molecule has 0 atom stereocenters. The Morgan fingerprint density at radius 1 is 1.22 bits per heavy atom. The van der Waals surface area contributed by atoms with E-state index in [1.54, 1.807) is 36.7 Å². The number of pyridine rings is 1. The van der Waals surface area contributed by atoms with E-state index in [1.165, 1.54) is 35.7 Å². The minimum absolute atomic E-state index is 0.0307. The second kappa shape index (κ2) is 8.99. The number of ether oxygens (including phenoxy) is 1. The first-order valence-corrected chi connectivity index (χ1v) is 11.7. The van der Waals surface area contributed by atoms with Crippen molar-refractivity contribution in [2.75, 3.05) is 11.9 Å². The van der Waals surface area contributed by atoms with Crippen LogP contribution < -0.4 is 10.1 Å². The van der Waals surface area contributed by atoms with E-state index in [2.05, 4.69) is 10.3 Å². The molecule has 168 valence electrons. The summed E-state index contributed by atoms with van der Waals surface area (Å²) in [6, 6.07) is 8.25. The van der Waals surface area contributed by atoms with Gasteiger partial charge in [0, 0.05) is 12.4 Å². The van der Waals surface area contributed by atoms with Crippen LogP contribution in [0.25, 0.3) is 11.0 Å². The van der Waals surface area contributed by atoms with Crippen molar-refractivity contribution in [3.05, 3.63) is 48.3 Å². The molecule has 1 saturated carbocycles.